The van der Waals surface area contributed by atoms with Crippen molar-refractivity contribution < 1.29 is 4.21 Å². The Kier molecular flexibility index (Phi) is 4.28. The zero-order valence-corrected chi connectivity index (χ0v) is 11.2. The summed E-state index contributed by atoms with van der Waals surface area (Å²) in [7, 11) is -1.13. The minimum atomic E-state index is -1.13. The number of rotatable bonds is 4. The van der Waals surface area contributed by atoms with E-state index >= 15 is 0 Å². The molecule has 0 aromatic heterocycles. The van der Waals surface area contributed by atoms with Crippen LogP contribution in [0.15, 0.2) is 64.4 Å². The van der Waals surface area contributed by atoms with Crippen LogP contribution in [0.3, 0.4) is 0 Å². The maximum atomic E-state index is 12.5. The molecular weight excluding hydrogens is 242 g/mol. The molecule has 0 aliphatic rings. The lowest BCUT2D eigenvalue weighted by Crippen LogP contribution is -2.18. The zero-order valence-electron chi connectivity index (χ0n) is 10.4. The molecule has 0 unspecified atom stereocenters. The van der Waals surface area contributed by atoms with Crippen LogP contribution >= 0.6 is 0 Å². The van der Waals surface area contributed by atoms with Crippen LogP contribution < -0.4 is 5.73 Å². The van der Waals surface area contributed by atoms with Gasteiger partial charge in [-0.15, -0.1) is 0 Å². The molecule has 0 amide bonds. The summed E-state index contributed by atoms with van der Waals surface area (Å²) in [6.45, 7) is 1.96. The van der Waals surface area contributed by atoms with Gasteiger partial charge in [0.25, 0.3) is 0 Å². The Labute approximate surface area is 110 Å². The lowest BCUT2D eigenvalue weighted by molar-refractivity contribution is 0.679. The van der Waals surface area contributed by atoms with Crippen LogP contribution in [0.25, 0.3) is 0 Å². The van der Waals surface area contributed by atoms with E-state index in [0.717, 1.165) is 21.8 Å². The van der Waals surface area contributed by atoms with Crippen molar-refractivity contribution in [2.24, 2.45) is 5.73 Å². The monoisotopic (exact) mass is 259 g/mol. The molecule has 0 saturated carbocycles. The Hall–Kier alpha value is -1.45. The molecule has 2 rings (SSSR count). The van der Waals surface area contributed by atoms with E-state index in [9.17, 15) is 4.21 Å². The molecule has 0 aliphatic carbocycles. The van der Waals surface area contributed by atoms with Crippen molar-refractivity contribution >= 4 is 10.8 Å². The van der Waals surface area contributed by atoms with Crippen LogP contribution in [0.5, 0.6) is 0 Å². The third kappa shape index (κ3) is 3.06. The molecule has 0 heterocycles. The van der Waals surface area contributed by atoms with E-state index in [-0.39, 0.29) is 6.04 Å². The maximum Gasteiger partial charge on any atom is 0.0852 e. The second kappa shape index (κ2) is 5.94. The first kappa shape index (κ1) is 13.0. The van der Waals surface area contributed by atoms with Gasteiger partial charge in [-0.2, -0.15) is 0 Å². The Morgan fingerprint density at radius 2 is 1.67 bits per heavy atom. The SMILES string of the molecule is C[C@H](N)Cc1ccccc1[S@](=O)c1ccccc1. The van der Waals surface area contributed by atoms with Crippen LogP contribution in [-0.2, 0) is 17.2 Å². The molecule has 2 nitrogen and oxygen atoms in total. The Morgan fingerprint density at radius 3 is 2.33 bits per heavy atom. The van der Waals surface area contributed by atoms with Crippen LogP contribution in [0, 0.1) is 0 Å². The normalized spacial score (nSPS) is 14.1. The smallest absolute Gasteiger partial charge is 0.0852 e. The van der Waals surface area contributed by atoms with Crippen molar-refractivity contribution in [2.75, 3.05) is 0 Å². The number of hydrogen-bond acceptors (Lipinski definition) is 2. The quantitative estimate of drug-likeness (QED) is 0.917. The van der Waals surface area contributed by atoms with Crippen LogP contribution in [0.4, 0.5) is 0 Å². The van der Waals surface area contributed by atoms with Crippen LogP contribution in [0.1, 0.15) is 12.5 Å². The maximum absolute atomic E-state index is 12.5. The van der Waals surface area contributed by atoms with Gasteiger partial charge in [0, 0.05) is 15.8 Å². The highest BCUT2D eigenvalue weighted by Crippen LogP contribution is 2.20. The first-order valence-corrected chi connectivity index (χ1v) is 7.14. The Balaban J connectivity index is 2.36. The van der Waals surface area contributed by atoms with Crippen molar-refractivity contribution in [3.05, 3.63) is 60.2 Å². The number of nitrogens with two attached hydrogens (primary N) is 1. The van der Waals surface area contributed by atoms with Gasteiger partial charge in [0.1, 0.15) is 0 Å². The van der Waals surface area contributed by atoms with Gasteiger partial charge in [0.2, 0.25) is 0 Å². The molecule has 18 heavy (non-hydrogen) atoms. The summed E-state index contributed by atoms with van der Waals surface area (Å²) < 4.78 is 12.5. The fourth-order valence-corrected chi connectivity index (χ4v) is 3.12. The fraction of sp³-hybridized carbons (Fsp3) is 0.200. The van der Waals surface area contributed by atoms with Crippen molar-refractivity contribution in [1.29, 1.82) is 0 Å². The van der Waals surface area contributed by atoms with Gasteiger partial charge in [0.05, 0.1) is 10.8 Å². The lowest BCUT2D eigenvalue weighted by atomic mass is 10.1. The number of benzene rings is 2. The van der Waals surface area contributed by atoms with E-state index in [1.807, 2.05) is 61.5 Å². The highest BCUT2D eigenvalue weighted by Gasteiger charge is 2.12. The van der Waals surface area contributed by atoms with Gasteiger partial charge in [-0.3, -0.25) is 0 Å². The van der Waals surface area contributed by atoms with Crippen molar-refractivity contribution in [1.82, 2.24) is 0 Å². The molecule has 0 fully saturated rings. The molecule has 0 saturated heterocycles. The van der Waals surface area contributed by atoms with E-state index < -0.39 is 10.8 Å². The first-order valence-electron chi connectivity index (χ1n) is 5.99. The van der Waals surface area contributed by atoms with E-state index in [0.29, 0.717) is 0 Å². The predicted molar refractivity (Wildman–Crippen MR) is 74.9 cm³/mol. The fourth-order valence-electron chi connectivity index (χ4n) is 1.87. The molecule has 2 N–H and O–H groups in total. The van der Waals surface area contributed by atoms with Gasteiger partial charge in [-0.25, -0.2) is 4.21 Å². The van der Waals surface area contributed by atoms with Gasteiger partial charge in [-0.05, 0) is 37.1 Å². The molecule has 0 spiro atoms. The Bertz CT molecular complexity index is 537. The molecule has 3 heteroatoms. The summed E-state index contributed by atoms with van der Waals surface area (Å²) in [5.41, 5.74) is 6.90. The highest BCUT2D eigenvalue weighted by atomic mass is 32.2. The van der Waals surface area contributed by atoms with Crippen LogP contribution in [-0.4, -0.2) is 10.3 Å². The van der Waals surface area contributed by atoms with Crippen molar-refractivity contribution in [2.45, 2.75) is 29.2 Å². The largest absolute Gasteiger partial charge is 0.328 e. The topological polar surface area (TPSA) is 43.1 Å². The highest BCUT2D eigenvalue weighted by molar-refractivity contribution is 7.85. The lowest BCUT2D eigenvalue weighted by Gasteiger charge is -2.11. The van der Waals surface area contributed by atoms with Gasteiger partial charge in [0.15, 0.2) is 0 Å². The van der Waals surface area contributed by atoms with E-state index in [4.69, 9.17) is 5.73 Å². The standard InChI is InChI=1S/C15H17NOS/c1-12(16)11-13-7-5-6-10-15(13)18(17)14-8-3-2-4-9-14/h2-10,12H,11,16H2,1H3/t12-,18+/m0/s1. The zero-order chi connectivity index (χ0) is 13.0. The predicted octanol–water partition coefficient (Wildman–Crippen LogP) is 2.74. The minimum absolute atomic E-state index is 0.0684. The first-order chi connectivity index (χ1) is 8.68. The van der Waals surface area contributed by atoms with E-state index in [1.54, 1.807) is 0 Å². The molecule has 0 aliphatic heterocycles. The molecule has 94 valence electrons. The van der Waals surface area contributed by atoms with Crippen molar-refractivity contribution in [3.63, 3.8) is 0 Å². The summed E-state index contributed by atoms with van der Waals surface area (Å²) in [5, 5.41) is 0. The summed E-state index contributed by atoms with van der Waals surface area (Å²) in [4.78, 5) is 1.69. The molecule has 2 atom stereocenters. The molecule has 2 aromatic rings. The van der Waals surface area contributed by atoms with Gasteiger partial charge >= 0.3 is 0 Å². The van der Waals surface area contributed by atoms with E-state index in [2.05, 4.69) is 0 Å². The van der Waals surface area contributed by atoms with Gasteiger partial charge < -0.3 is 5.73 Å². The second-order valence-electron chi connectivity index (χ2n) is 4.37. The summed E-state index contributed by atoms with van der Waals surface area (Å²) in [5.74, 6) is 0. The molecular formula is C15H17NOS. The van der Waals surface area contributed by atoms with Crippen LogP contribution in [0.2, 0.25) is 0 Å². The second-order valence-corrected chi connectivity index (χ2v) is 5.82. The van der Waals surface area contributed by atoms with Crippen molar-refractivity contribution in [3.8, 4) is 0 Å². The molecule has 2 aromatic carbocycles. The average Bonchev–Trinajstić information content (AvgIpc) is 2.39. The summed E-state index contributed by atoms with van der Waals surface area (Å²) >= 11 is 0. The molecule has 0 bridgehead atoms. The third-order valence-electron chi connectivity index (χ3n) is 2.67. The third-order valence-corrected chi connectivity index (χ3v) is 4.17. The van der Waals surface area contributed by atoms with Gasteiger partial charge in [-0.1, -0.05) is 36.4 Å². The van der Waals surface area contributed by atoms with E-state index in [1.165, 1.54) is 0 Å². The Morgan fingerprint density at radius 1 is 1.06 bits per heavy atom. The number of hydrogen-bond donors (Lipinski definition) is 1. The minimum Gasteiger partial charge on any atom is -0.328 e. The summed E-state index contributed by atoms with van der Waals surface area (Å²) in [6, 6.07) is 17.4. The molecule has 0 radical (unpaired) electrons. The summed E-state index contributed by atoms with van der Waals surface area (Å²) in [6.07, 6.45) is 0.745. The average molecular weight is 259 g/mol.